The molecule has 0 aliphatic carbocycles. The fourth-order valence-corrected chi connectivity index (χ4v) is 3.87. The monoisotopic (exact) mass is 332 g/mol. The van der Waals surface area contributed by atoms with Crippen LogP contribution in [0.3, 0.4) is 0 Å². The van der Waals surface area contributed by atoms with Crippen LogP contribution in [0.15, 0.2) is 40.3 Å². The lowest BCUT2D eigenvalue weighted by atomic mass is 9.98. The number of hydrogen-bond donors (Lipinski definition) is 1. The van der Waals surface area contributed by atoms with Crippen LogP contribution in [0.1, 0.15) is 29.9 Å². The van der Waals surface area contributed by atoms with Crippen LogP contribution < -0.4 is 5.32 Å². The largest absolute Gasteiger partial charge is 0.469 e. The predicted octanol–water partition coefficient (Wildman–Crippen LogP) is 3.30. The number of amides is 1. The molecule has 124 valence electrons. The van der Waals surface area contributed by atoms with Crippen LogP contribution in [0.4, 0.5) is 0 Å². The van der Waals surface area contributed by atoms with Crippen LogP contribution in [0.2, 0.25) is 0 Å². The molecule has 1 aliphatic rings. The molecule has 1 aliphatic heterocycles. The maximum atomic E-state index is 12.0. The smallest absolute Gasteiger partial charge is 0.220 e. The minimum absolute atomic E-state index is 0.122. The quantitative estimate of drug-likeness (QED) is 0.846. The van der Waals surface area contributed by atoms with Crippen molar-refractivity contribution in [1.29, 1.82) is 0 Å². The summed E-state index contributed by atoms with van der Waals surface area (Å²) in [5.41, 5.74) is 0. The maximum absolute atomic E-state index is 12.0. The summed E-state index contributed by atoms with van der Waals surface area (Å²) in [6.07, 6.45) is 5.25. The molecule has 0 spiro atoms. The van der Waals surface area contributed by atoms with Gasteiger partial charge < -0.3 is 9.73 Å². The topological polar surface area (TPSA) is 45.5 Å². The van der Waals surface area contributed by atoms with Crippen molar-refractivity contribution in [3.8, 4) is 0 Å². The van der Waals surface area contributed by atoms with Gasteiger partial charge in [-0.05, 0) is 48.9 Å². The summed E-state index contributed by atoms with van der Waals surface area (Å²) in [6.45, 7) is 4.08. The lowest BCUT2D eigenvalue weighted by Crippen LogP contribution is -2.40. The van der Waals surface area contributed by atoms with Crippen molar-refractivity contribution in [3.63, 3.8) is 0 Å². The Balaban J connectivity index is 1.36. The van der Waals surface area contributed by atoms with Crippen LogP contribution in [-0.4, -0.2) is 30.4 Å². The Morgan fingerprint density at radius 2 is 2.35 bits per heavy atom. The number of likely N-dealkylation sites (tertiary alicyclic amines) is 1. The Bertz CT molecular complexity index is 580. The summed E-state index contributed by atoms with van der Waals surface area (Å²) >= 11 is 1.82. The zero-order valence-corrected chi connectivity index (χ0v) is 14.2. The molecule has 23 heavy (non-hydrogen) atoms. The summed E-state index contributed by atoms with van der Waals surface area (Å²) in [5, 5.41) is 5.22. The van der Waals surface area contributed by atoms with Crippen LogP contribution in [0.25, 0.3) is 0 Å². The highest BCUT2D eigenvalue weighted by atomic mass is 32.1. The first kappa shape index (κ1) is 16.3. The number of nitrogens with one attached hydrogen (secondary N) is 1. The summed E-state index contributed by atoms with van der Waals surface area (Å²) in [5.74, 6) is 1.56. The molecule has 1 unspecified atom stereocenters. The number of piperidine rings is 1. The molecule has 0 bridgehead atoms. The zero-order chi connectivity index (χ0) is 15.9. The first-order chi connectivity index (χ1) is 11.3. The van der Waals surface area contributed by atoms with Crippen molar-refractivity contribution in [1.82, 2.24) is 10.2 Å². The van der Waals surface area contributed by atoms with Gasteiger partial charge in [-0.3, -0.25) is 9.69 Å². The van der Waals surface area contributed by atoms with Crippen LogP contribution in [0, 0.1) is 5.92 Å². The van der Waals surface area contributed by atoms with Gasteiger partial charge in [-0.15, -0.1) is 11.3 Å². The van der Waals surface area contributed by atoms with Crippen molar-refractivity contribution in [3.05, 3.63) is 46.5 Å². The molecule has 1 amide bonds. The number of thiophene rings is 1. The third-order valence-electron chi connectivity index (χ3n) is 4.33. The average Bonchev–Trinajstić information content (AvgIpc) is 3.25. The van der Waals surface area contributed by atoms with Crippen molar-refractivity contribution in [2.75, 3.05) is 19.6 Å². The van der Waals surface area contributed by atoms with E-state index in [0.29, 0.717) is 18.8 Å². The normalized spacial score (nSPS) is 18.9. The Morgan fingerprint density at radius 1 is 1.39 bits per heavy atom. The fraction of sp³-hybridized carbons (Fsp3) is 0.500. The molecule has 3 heterocycles. The number of carbonyl (C=O) groups excluding carboxylic acids is 1. The summed E-state index contributed by atoms with van der Waals surface area (Å²) in [7, 11) is 0. The first-order valence-electron chi connectivity index (χ1n) is 8.33. The van der Waals surface area contributed by atoms with Gasteiger partial charge in [-0.25, -0.2) is 0 Å². The second-order valence-electron chi connectivity index (χ2n) is 6.21. The highest BCUT2D eigenvalue weighted by Gasteiger charge is 2.20. The number of rotatable bonds is 7. The number of aryl methyl sites for hydroxylation is 1. The molecule has 2 aromatic rings. The van der Waals surface area contributed by atoms with E-state index in [2.05, 4.69) is 27.7 Å². The van der Waals surface area contributed by atoms with E-state index >= 15 is 0 Å². The second-order valence-corrected chi connectivity index (χ2v) is 7.24. The van der Waals surface area contributed by atoms with Gasteiger partial charge in [0, 0.05) is 37.4 Å². The minimum Gasteiger partial charge on any atom is -0.469 e. The predicted molar refractivity (Wildman–Crippen MR) is 92.4 cm³/mol. The fourth-order valence-electron chi connectivity index (χ4n) is 3.12. The van der Waals surface area contributed by atoms with Gasteiger partial charge in [0.25, 0.3) is 0 Å². The summed E-state index contributed by atoms with van der Waals surface area (Å²) in [4.78, 5) is 15.9. The molecule has 1 N–H and O–H groups in total. The molecule has 0 saturated carbocycles. The van der Waals surface area contributed by atoms with Crippen LogP contribution >= 0.6 is 11.3 Å². The highest BCUT2D eigenvalue weighted by Crippen LogP contribution is 2.20. The Labute approximate surface area is 141 Å². The number of nitrogens with zero attached hydrogens (tertiary/aromatic N) is 1. The van der Waals surface area contributed by atoms with Crippen molar-refractivity contribution in [2.24, 2.45) is 5.92 Å². The molecule has 1 saturated heterocycles. The Kier molecular flexibility index (Phi) is 5.88. The zero-order valence-electron chi connectivity index (χ0n) is 13.4. The van der Waals surface area contributed by atoms with Gasteiger partial charge in [0.2, 0.25) is 5.91 Å². The molecular formula is C18H24N2O2S. The SMILES string of the molecule is O=C(CCc1ccco1)NCC1CCCN(Cc2cccs2)C1. The van der Waals surface area contributed by atoms with E-state index in [1.54, 1.807) is 6.26 Å². The molecule has 3 rings (SSSR count). The van der Waals surface area contributed by atoms with Gasteiger partial charge in [-0.2, -0.15) is 0 Å². The van der Waals surface area contributed by atoms with Gasteiger partial charge >= 0.3 is 0 Å². The first-order valence-corrected chi connectivity index (χ1v) is 9.21. The van der Waals surface area contributed by atoms with E-state index in [4.69, 9.17) is 4.42 Å². The number of furan rings is 1. The molecule has 4 nitrogen and oxygen atoms in total. The minimum atomic E-state index is 0.122. The van der Waals surface area contributed by atoms with Gasteiger partial charge in [-0.1, -0.05) is 6.07 Å². The second kappa shape index (κ2) is 8.31. The Hall–Kier alpha value is -1.59. The van der Waals surface area contributed by atoms with E-state index < -0.39 is 0 Å². The molecule has 2 aromatic heterocycles. The maximum Gasteiger partial charge on any atom is 0.220 e. The van der Waals surface area contributed by atoms with Crippen molar-refractivity contribution < 1.29 is 9.21 Å². The van der Waals surface area contributed by atoms with Gasteiger partial charge in [0.15, 0.2) is 0 Å². The van der Waals surface area contributed by atoms with E-state index in [0.717, 1.165) is 25.4 Å². The van der Waals surface area contributed by atoms with E-state index in [9.17, 15) is 4.79 Å². The molecular weight excluding hydrogens is 308 g/mol. The molecule has 1 fully saturated rings. The number of carbonyl (C=O) groups is 1. The highest BCUT2D eigenvalue weighted by molar-refractivity contribution is 7.09. The molecule has 0 aromatic carbocycles. The Morgan fingerprint density at radius 3 is 3.13 bits per heavy atom. The molecule has 1 atom stereocenters. The standard InChI is InChI=1S/C18H24N2O2S/c21-18(8-7-16-5-2-10-22-16)19-12-15-4-1-9-20(13-15)14-17-6-3-11-23-17/h2-3,5-6,10-11,15H,1,4,7-9,12-14H2,(H,19,21). The van der Waals surface area contributed by atoms with E-state index in [-0.39, 0.29) is 5.91 Å². The third kappa shape index (κ3) is 5.22. The third-order valence-corrected chi connectivity index (χ3v) is 5.19. The van der Waals surface area contributed by atoms with Crippen LogP contribution in [0.5, 0.6) is 0 Å². The van der Waals surface area contributed by atoms with Crippen LogP contribution in [-0.2, 0) is 17.8 Å². The molecule has 0 radical (unpaired) electrons. The van der Waals surface area contributed by atoms with Crippen molar-refractivity contribution in [2.45, 2.75) is 32.2 Å². The lowest BCUT2D eigenvalue weighted by Gasteiger charge is -2.32. The average molecular weight is 332 g/mol. The number of hydrogen-bond acceptors (Lipinski definition) is 4. The van der Waals surface area contributed by atoms with Gasteiger partial charge in [0.05, 0.1) is 6.26 Å². The van der Waals surface area contributed by atoms with Crippen molar-refractivity contribution >= 4 is 17.2 Å². The molecule has 5 heteroatoms. The van der Waals surface area contributed by atoms with E-state index in [1.165, 1.54) is 24.3 Å². The lowest BCUT2D eigenvalue weighted by molar-refractivity contribution is -0.121. The van der Waals surface area contributed by atoms with E-state index in [1.807, 2.05) is 23.5 Å². The summed E-state index contributed by atoms with van der Waals surface area (Å²) < 4.78 is 5.26. The van der Waals surface area contributed by atoms with Gasteiger partial charge in [0.1, 0.15) is 5.76 Å². The summed E-state index contributed by atoms with van der Waals surface area (Å²) in [6, 6.07) is 8.08.